The summed E-state index contributed by atoms with van der Waals surface area (Å²) in [6.45, 7) is 14.6. The fourth-order valence-electron chi connectivity index (χ4n) is 6.16. The normalized spacial score (nSPS) is 22.3. The van der Waals surface area contributed by atoms with Crippen LogP contribution in [0.25, 0.3) is 22.2 Å². The minimum atomic E-state index is -0.171. The number of piperazine rings is 1. The first-order chi connectivity index (χ1) is 18.4. The largest absolute Gasteiger partial charge is 0.393 e. The van der Waals surface area contributed by atoms with E-state index in [9.17, 15) is 5.11 Å². The van der Waals surface area contributed by atoms with E-state index in [2.05, 4.69) is 77.8 Å². The highest BCUT2D eigenvalue weighted by atomic mass is 16.3. The predicted molar refractivity (Wildman–Crippen MR) is 156 cm³/mol. The van der Waals surface area contributed by atoms with E-state index in [4.69, 9.17) is 9.97 Å². The second-order valence-corrected chi connectivity index (χ2v) is 11.8. The van der Waals surface area contributed by atoms with Gasteiger partial charge in [0.2, 0.25) is 5.95 Å². The first-order valence-corrected chi connectivity index (χ1v) is 14.8. The van der Waals surface area contributed by atoms with Gasteiger partial charge in [-0.25, -0.2) is 4.98 Å². The van der Waals surface area contributed by atoms with Crippen molar-refractivity contribution < 1.29 is 5.11 Å². The number of fused-ring (bicyclic) bond motifs is 1. The molecule has 1 aliphatic heterocycles. The van der Waals surface area contributed by atoms with E-state index >= 15 is 0 Å². The summed E-state index contributed by atoms with van der Waals surface area (Å²) >= 11 is 0. The van der Waals surface area contributed by atoms with Gasteiger partial charge in [-0.05, 0) is 64.0 Å². The zero-order chi connectivity index (χ0) is 26.6. The van der Waals surface area contributed by atoms with Crippen molar-refractivity contribution in [2.75, 3.05) is 31.5 Å². The minimum Gasteiger partial charge on any atom is -0.393 e. The quantitative estimate of drug-likeness (QED) is 0.379. The molecule has 0 bridgehead atoms. The van der Waals surface area contributed by atoms with Crippen LogP contribution in [0.5, 0.6) is 0 Å². The molecule has 1 aliphatic carbocycles. The number of aromatic nitrogens is 3. The Labute approximate surface area is 228 Å². The van der Waals surface area contributed by atoms with Gasteiger partial charge in [-0.15, -0.1) is 0 Å². The molecule has 2 N–H and O–H groups in total. The number of benzene rings is 1. The fraction of sp³-hybridized carbons (Fsp3) is 0.613. The monoisotopic (exact) mass is 518 g/mol. The molecule has 5 rings (SSSR count). The van der Waals surface area contributed by atoms with Gasteiger partial charge in [0, 0.05) is 74.2 Å². The lowest BCUT2D eigenvalue weighted by Crippen LogP contribution is -2.48. The summed E-state index contributed by atoms with van der Waals surface area (Å²) in [7, 11) is 0. The Morgan fingerprint density at radius 1 is 1.00 bits per heavy atom. The lowest BCUT2D eigenvalue weighted by atomic mass is 9.93. The third kappa shape index (κ3) is 6.22. The molecule has 1 aromatic carbocycles. The summed E-state index contributed by atoms with van der Waals surface area (Å²) in [5.41, 5.74) is 4.76. The van der Waals surface area contributed by atoms with Crippen molar-refractivity contribution in [1.29, 1.82) is 0 Å². The number of aliphatic hydroxyl groups excluding tert-OH is 1. The third-order valence-electron chi connectivity index (χ3n) is 8.54. The van der Waals surface area contributed by atoms with Crippen LogP contribution in [0.3, 0.4) is 0 Å². The molecule has 206 valence electrons. The molecular formula is C31H46N6O. The Morgan fingerprint density at radius 3 is 2.37 bits per heavy atom. The number of nitrogens with one attached hydrogen (secondary N) is 1. The second-order valence-electron chi connectivity index (χ2n) is 11.8. The second kappa shape index (κ2) is 12.1. The third-order valence-corrected chi connectivity index (χ3v) is 8.54. The Balaban J connectivity index is 1.38. The lowest BCUT2D eigenvalue weighted by molar-refractivity contribution is 0.104. The van der Waals surface area contributed by atoms with Crippen molar-refractivity contribution >= 4 is 17.0 Å². The molecule has 7 nitrogen and oxygen atoms in total. The molecule has 1 saturated heterocycles. The van der Waals surface area contributed by atoms with Crippen LogP contribution < -0.4 is 5.32 Å². The van der Waals surface area contributed by atoms with E-state index < -0.39 is 0 Å². The molecular weight excluding hydrogens is 472 g/mol. The first kappa shape index (κ1) is 27.1. The highest BCUT2D eigenvalue weighted by Gasteiger charge is 2.25. The topological polar surface area (TPSA) is 69.5 Å². The van der Waals surface area contributed by atoms with Crippen LogP contribution in [0.1, 0.15) is 77.8 Å². The van der Waals surface area contributed by atoms with E-state index in [0.29, 0.717) is 24.1 Å². The van der Waals surface area contributed by atoms with Crippen LogP contribution >= 0.6 is 0 Å². The lowest BCUT2D eigenvalue weighted by Gasteiger charge is -2.36. The van der Waals surface area contributed by atoms with Gasteiger partial charge in [-0.3, -0.25) is 9.80 Å². The number of hydrogen-bond donors (Lipinski definition) is 2. The highest BCUT2D eigenvalue weighted by molar-refractivity contribution is 5.94. The van der Waals surface area contributed by atoms with Gasteiger partial charge in [0.1, 0.15) is 5.65 Å². The zero-order valence-corrected chi connectivity index (χ0v) is 23.7. The molecule has 2 aliphatic rings. The molecule has 2 aromatic heterocycles. The van der Waals surface area contributed by atoms with E-state index in [-0.39, 0.29) is 6.10 Å². The molecule has 1 saturated carbocycles. The van der Waals surface area contributed by atoms with Gasteiger partial charge in [0.15, 0.2) is 0 Å². The molecule has 0 spiro atoms. The molecule has 0 amide bonds. The summed E-state index contributed by atoms with van der Waals surface area (Å²) in [6.07, 6.45) is 9.98. The van der Waals surface area contributed by atoms with Crippen molar-refractivity contribution in [2.45, 2.75) is 97.0 Å². The van der Waals surface area contributed by atoms with Gasteiger partial charge in [0.05, 0.1) is 6.10 Å². The number of rotatable bonds is 9. The Bertz CT molecular complexity index is 1170. The van der Waals surface area contributed by atoms with Gasteiger partial charge >= 0.3 is 0 Å². The highest BCUT2D eigenvalue weighted by Crippen LogP contribution is 2.37. The predicted octanol–water partition coefficient (Wildman–Crippen LogP) is 5.70. The van der Waals surface area contributed by atoms with Crippen LogP contribution in [0.4, 0.5) is 5.95 Å². The first-order valence-electron chi connectivity index (χ1n) is 14.8. The zero-order valence-electron chi connectivity index (χ0n) is 23.7. The SMILES string of the molecule is CCC[C@@H](C)Nc1ncc2c(-c3ccc(CN4CCN(C(C)C)CC4)cc3)cn([C@H]3CC[C@H](O)CC3)c2n1. The Hall–Kier alpha value is -2.48. The Kier molecular flexibility index (Phi) is 8.66. The maximum Gasteiger partial charge on any atom is 0.224 e. The Morgan fingerprint density at radius 2 is 1.71 bits per heavy atom. The van der Waals surface area contributed by atoms with E-state index in [1.807, 2.05) is 6.20 Å². The summed E-state index contributed by atoms with van der Waals surface area (Å²) < 4.78 is 2.36. The van der Waals surface area contributed by atoms with Crippen molar-refractivity contribution in [1.82, 2.24) is 24.3 Å². The number of nitrogens with zero attached hydrogens (tertiary/aromatic N) is 5. The molecule has 7 heteroatoms. The molecule has 3 aromatic rings. The van der Waals surface area contributed by atoms with Crippen molar-refractivity contribution in [3.8, 4) is 11.1 Å². The minimum absolute atomic E-state index is 0.171. The van der Waals surface area contributed by atoms with E-state index in [1.165, 1.54) is 16.7 Å². The number of aliphatic hydroxyl groups is 1. The van der Waals surface area contributed by atoms with Crippen molar-refractivity contribution in [3.63, 3.8) is 0 Å². The van der Waals surface area contributed by atoms with Crippen LogP contribution in [-0.2, 0) is 6.54 Å². The fourth-order valence-corrected chi connectivity index (χ4v) is 6.16. The maximum atomic E-state index is 10.1. The average molecular weight is 519 g/mol. The average Bonchev–Trinajstić information content (AvgIpc) is 3.29. The molecule has 0 unspecified atom stereocenters. The van der Waals surface area contributed by atoms with Crippen molar-refractivity contribution in [3.05, 3.63) is 42.2 Å². The smallest absolute Gasteiger partial charge is 0.224 e. The molecule has 0 radical (unpaired) electrons. The number of hydrogen-bond acceptors (Lipinski definition) is 6. The summed E-state index contributed by atoms with van der Waals surface area (Å²) in [5.74, 6) is 0.702. The summed E-state index contributed by atoms with van der Waals surface area (Å²) in [4.78, 5) is 14.9. The van der Waals surface area contributed by atoms with Crippen LogP contribution in [-0.4, -0.2) is 73.8 Å². The van der Waals surface area contributed by atoms with E-state index in [0.717, 1.165) is 82.3 Å². The molecule has 38 heavy (non-hydrogen) atoms. The number of anilines is 1. The van der Waals surface area contributed by atoms with Crippen LogP contribution in [0.15, 0.2) is 36.7 Å². The molecule has 1 atom stereocenters. The summed E-state index contributed by atoms with van der Waals surface area (Å²) in [6, 6.07) is 10.4. The van der Waals surface area contributed by atoms with Gasteiger partial charge in [-0.2, -0.15) is 4.98 Å². The van der Waals surface area contributed by atoms with Gasteiger partial charge in [-0.1, -0.05) is 37.6 Å². The van der Waals surface area contributed by atoms with Gasteiger partial charge < -0.3 is 15.0 Å². The van der Waals surface area contributed by atoms with Crippen molar-refractivity contribution in [2.24, 2.45) is 0 Å². The van der Waals surface area contributed by atoms with Gasteiger partial charge in [0.25, 0.3) is 0 Å². The summed E-state index contributed by atoms with van der Waals surface area (Å²) in [5, 5.41) is 14.7. The van der Waals surface area contributed by atoms with Crippen LogP contribution in [0.2, 0.25) is 0 Å². The maximum absolute atomic E-state index is 10.1. The van der Waals surface area contributed by atoms with E-state index in [1.54, 1.807) is 0 Å². The standard InChI is InChI=1S/C31H46N6O/c1-5-6-23(4)33-31-32-19-28-29(21-37(30(28)34-31)26-11-13-27(38)14-12-26)25-9-7-24(8-10-25)20-35-15-17-36(18-16-35)22(2)3/h7-10,19,21-23,26-27,38H,5-6,11-18,20H2,1-4H3,(H,32,33,34)/t23-,26-,27-/m1/s1. The molecule has 3 heterocycles. The van der Waals surface area contributed by atoms with Crippen LogP contribution in [0, 0.1) is 0 Å². The molecule has 2 fully saturated rings.